The highest BCUT2D eigenvalue weighted by Gasteiger charge is 2.28. The zero-order chi connectivity index (χ0) is 17.1. The number of guanidine groups is 1. The molecule has 0 aliphatic carbocycles. The average Bonchev–Trinajstić information content (AvgIpc) is 3.04. The number of likely N-dealkylation sites (tertiary alicyclic amines) is 1. The highest BCUT2D eigenvalue weighted by molar-refractivity contribution is 14.0. The maximum atomic E-state index is 9.37. The van der Waals surface area contributed by atoms with E-state index in [0.29, 0.717) is 5.92 Å². The number of nitrogens with zero attached hydrogens (tertiary/aromatic N) is 2. The number of hydrogen-bond donors (Lipinski definition) is 2. The molecule has 1 heterocycles. The standard InChI is InChI=1S/C18H37N3O2.HI/c1-5-18(6-2,10-12-22)15-20-17(19-7-3)21-11-9-16(13-21)14-23-8-4;/h16,22H,5-15H2,1-4H3,(H,19,20);1H. The van der Waals surface area contributed by atoms with Gasteiger partial charge in [-0.05, 0) is 44.9 Å². The van der Waals surface area contributed by atoms with Gasteiger partial charge in [-0.25, -0.2) is 0 Å². The first-order valence-corrected chi connectivity index (χ1v) is 9.36. The Kier molecular flexibility index (Phi) is 13.1. The molecule has 0 spiro atoms. The summed E-state index contributed by atoms with van der Waals surface area (Å²) in [5.74, 6) is 1.63. The second kappa shape index (κ2) is 13.2. The van der Waals surface area contributed by atoms with Gasteiger partial charge in [-0.3, -0.25) is 4.99 Å². The van der Waals surface area contributed by atoms with Crippen LogP contribution in [0.3, 0.4) is 0 Å². The Morgan fingerprint density at radius 1 is 1.29 bits per heavy atom. The fourth-order valence-corrected chi connectivity index (χ4v) is 3.26. The van der Waals surface area contributed by atoms with Gasteiger partial charge in [0.25, 0.3) is 0 Å². The van der Waals surface area contributed by atoms with Crippen molar-refractivity contribution >= 4 is 29.9 Å². The van der Waals surface area contributed by atoms with E-state index in [0.717, 1.165) is 64.6 Å². The van der Waals surface area contributed by atoms with Gasteiger partial charge in [-0.15, -0.1) is 24.0 Å². The van der Waals surface area contributed by atoms with Crippen LogP contribution in [0.25, 0.3) is 0 Å². The third kappa shape index (κ3) is 7.44. The van der Waals surface area contributed by atoms with Crippen LogP contribution in [0, 0.1) is 11.3 Å². The molecule has 0 amide bonds. The molecule has 0 saturated carbocycles. The minimum Gasteiger partial charge on any atom is -0.396 e. The minimum atomic E-state index is 0. The maximum Gasteiger partial charge on any atom is 0.193 e. The Hall–Kier alpha value is -0.0800. The Bertz CT molecular complexity index is 349. The largest absolute Gasteiger partial charge is 0.396 e. The number of aliphatic hydroxyl groups is 1. The van der Waals surface area contributed by atoms with Crippen LogP contribution in [0.4, 0.5) is 0 Å². The summed E-state index contributed by atoms with van der Waals surface area (Å²) in [7, 11) is 0. The van der Waals surface area contributed by atoms with E-state index >= 15 is 0 Å². The SMILES string of the molecule is CCNC(=NCC(CC)(CC)CCO)N1CCC(COCC)C1.I. The zero-order valence-corrected chi connectivity index (χ0v) is 18.3. The predicted molar refractivity (Wildman–Crippen MR) is 112 cm³/mol. The van der Waals surface area contributed by atoms with Crippen LogP contribution in [0.5, 0.6) is 0 Å². The van der Waals surface area contributed by atoms with Crippen molar-refractivity contribution in [1.29, 1.82) is 0 Å². The van der Waals surface area contributed by atoms with Gasteiger partial charge in [0, 0.05) is 45.3 Å². The van der Waals surface area contributed by atoms with Gasteiger partial charge >= 0.3 is 0 Å². The lowest BCUT2D eigenvalue weighted by Crippen LogP contribution is -2.41. The number of hydrogen-bond acceptors (Lipinski definition) is 3. The monoisotopic (exact) mass is 455 g/mol. The highest BCUT2D eigenvalue weighted by atomic mass is 127. The van der Waals surface area contributed by atoms with Crippen LogP contribution < -0.4 is 5.32 Å². The van der Waals surface area contributed by atoms with E-state index in [2.05, 4.69) is 37.9 Å². The van der Waals surface area contributed by atoms with E-state index in [9.17, 15) is 5.11 Å². The quantitative estimate of drug-likeness (QED) is 0.302. The van der Waals surface area contributed by atoms with Crippen LogP contribution in [-0.4, -0.2) is 62.0 Å². The molecule has 2 N–H and O–H groups in total. The second-order valence-corrected chi connectivity index (χ2v) is 6.61. The highest BCUT2D eigenvalue weighted by Crippen LogP contribution is 2.31. The molecular weight excluding hydrogens is 417 g/mol. The number of halogens is 1. The molecule has 1 atom stereocenters. The molecule has 0 aromatic carbocycles. The molecule has 1 unspecified atom stereocenters. The van der Waals surface area contributed by atoms with Crippen LogP contribution in [0.1, 0.15) is 53.4 Å². The molecule has 1 fully saturated rings. The van der Waals surface area contributed by atoms with Crippen molar-refractivity contribution in [2.45, 2.75) is 53.4 Å². The summed E-state index contributed by atoms with van der Waals surface area (Å²) in [4.78, 5) is 7.29. The number of aliphatic imine (C=N–C) groups is 1. The minimum absolute atomic E-state index is 0. The van der Waals surface area contributed by atoms with Crippen molar-refractivity contribution in [3.05, 3.63) is 0 Å². The molecule has 6 heteroatoms. The summed E-state index contributed by atoms with van der Waals surface area (Å²) in [6, 6.07) is 0. The van der Waals surface area contributed by atoms with E-state index in [1.807, 2.05) is 0 Å². The van der Waals surface area contributed by atoms with Gasteiger partial charge < -0.3 is 20.1 Å². The summed E-state index contributed by atoms with van der Waals surface area (Å²) < 4.78 is 5.57. The van der Waals surface area contributed by atoms with E-state index in [1.165, 1.54) is 6.42 Å². The summed E-state index contributed by atoms with van der Waals surface area (Å²) in [6.45, 7) is 14.2. The van der Waals surface area contributed by atoms with Crippen molar-refractivity contribution in [3.63, 3.8) is 0 Å². The molecule has 0 aromatic rings. The van der Waals surface area contributed by atoms with Crippen molar-refractivity contribution in [3.8, 4) is 0 Å². The van der Waals surface area contributed by atoms with Gasteiger partial charge in [0.2, 0.25) is 0 Å². The van der Waals surface area contributed by atoms with E-state index in [4.69, 9.17) is 9.73 Å². The first-order chi connectivity index (χ1) is 11.1. The predicted octanol–water partition coefficient (Wildman–Crippen LogP) is 3.12. The number of aliphatic hydroxyl groups excluding tert-OH is 1. The fraction of sp³-hybridized carbons (Fsp3) is 0.944. The molecule has 24 heavy (non-hydrogen) atoms. The van der Waals surface area contributed by atoms with Gasteiger partial charge in [0.15, 0.2) is 5.96 Å². The van der Waals surface area contributed by atoms with Crippen molar-refractivity contribution in [1.82, 2.24) is 10.2 Å². The lowest BCUT2D eigenvalue weighted by Gasteiger charge is -2.30. The maximum absolute atomic E-state index is 9.37. The number of nitrogens with one attached hydrogen (secondary N) is 1. The van der Waals surface area contributed by atoms with Crippen LogP contribution in [0.2, 0.25) is 0 Å². The molecular formula is C18H38IN3O2. The van der Waals surface area contributed by atoms with Crippen molar-refractivity contribution in [2.24, 2.45) is 16.3 Å². The molecule has 0 radical (unpaired) electrons. The fourth-order valence-electron chi connectivity index (χ4n) is 3.26. The summed E-state index contributed by atoms with van der Waals surface area (Å²) in [6.07, 6.45) is 4.11. The Morgan fingerprint density at radius 2 is 2.00 bits per heavy atom. The summed E-state index contributed by atoms with van der Waals surface area (Å²) in [5.41, 5.74) is 0.125. The summed E-state index contributed by atoms with van der Waals surface area (Å²) in [5, 5.41) is 12.8. The third-order valence-electron chi connectivity index (χ3n) is 5.18. The lowest BCUT2D eigenvalue weighted by molar-refractivity contribution is 0.114. The van der Waals surface area contributed by atoms with Crippen LogP contribution >= 0.6 is 24.0 Å². The van der Waals surface area contributed by atoms with E-state index in [1.54, 1.807) is 0 Å². The first kappa shape index (κ1) is 23.9. The van der Waals surface area contributed by atoms with E-state index < -0.39 is 0 Å². The number of ether oxygens (including phenoxy) is 1. The van der Waals surface area contributed by atoms with Gasteiger partial charge in [-0.2, -0.15) is 0 Å². The molecule has 1 aliphatic heterocycles. The van der Waals surface area contributed by atoms with Crippen molar-refractivity contribution in [2.75, 3.05) is 46.0 Å². The molecule has 0 bridgehead atoms. The number of rotatable bonds is 10. The Morgan fingerprint density at radius 3 is 2.54 bits per heavy atom. The third-order valence-corrected chi connectivity index (χ3v) is 5.18. The lowest BCUT2D eigenvalue weighted by atomic mass is 9.79. The Labute approximate surface area is 165 Å². The molecule has 0 aromatic heterocycles. The van der Waals surface area contributed by atoms with Gasteiger partial charge in [0.05, 0.1) is 6.61 Å². The second-order valence-electron chi connectivity index (χ2n) is 6.61. The topological polar surface area (TPSA) is 57.1 Å². The van der Waals surface area contributed by atoms with Gasteiger partial charge in [0.1, 0.15) is 0 Å². The van der Waals surface area contributed by atoms with Crippen LogP contribution in [0.15, 0.2) is 4.99 Å². The molecule has 1 saturated heterocycles. The van der Waals surface area contributed by atoms with Crippen molar-refractivity contribution < 1.29 is 9.84 Å². The van der Waals surface area contributed by atoms with Gasteiger partial charge in [-0.1, -0.05) is 13.8 Å². The Balaban J connectivity index is 0.00000529. The zero-order valence-electron chi connectivity index (χ0n) is 16.0. The molecule has 144 valence electrons. The van der Waals surface area contributed by atoms with E-state index in [-0.39, 0.29) is 36.0 Å². The molecule has 1 aliphatic rings. The first-order valence-electron chi connectivity index (χ1n) is 9.36. The average molecular weight is 455 g/mol. The smallest absolute Gasteiger partial charge is 0.193 e. The summed E-state index contributed by atoms with van der Waals surface area (Å²) >= 11 is 0. The normalized spacial score (nSPS) is 18.6. The van der Waals surface area contributed by atoms with Crippen LogP contribution in [-0.2, 0) is 4.74 Å². The molecule has 5 nitrogen and oxygen atoms in total. The molecule has 1 rings (SSSR count).